The van der Waals surface area contributed by atoms with Crippen LogP contribution < -0.4 is 5.32 Å². The molecule has 0 spiro atoms. The van der Waals surface area contributed by atoms with Crippen molar-refractivity contribution >= 4 is 0 Å². The van der Waals surface area contributed by atoms with E-state index in [2.05, 4.69) is 18.3 Å². The lowest BCUT2D eigenvalue weighted by Gasteiger charge is -2.25. The first-order valence-corrected chi connectivity index (χ1v) is 6.23. The first kappa shape index (κ1) is 10.2. The SMILES string of the molecule is CC(=CCCNC1CC1)CC1CCC1. The van der Waals surface area contributed by atoms with E-state index in [4.69, 9.17) is 0 Å². The van der Waals surface area contributed by atoms with E-state index in [0.29, 0.717) is 0 Å². The number of allylic oxidation sites excluding steroid dienone is 1. The van der Waals surface area contributed by atoms with Crippen molar-refractivity contribution in [3.63, 3.8) is 0 Å². The van der Waals surface area contributed by atoms with Gasteiger partial charge in [0.15, 0.2) is 0 Å². The van der Waals surface area contributed by atoms with Crippen LogP contribution in [0.2, 0.25) is 0 Å². The maximum absolute atomic E-state index is 3.55. The Bertz CT molecular complexity index is 199. The second-order valence-electron chi connectivity index (χ2n) is 5.07. The Kier molecular flexibility index (Phi) is 3.63. The Morgan fingerprint density at radius 3 is 2.64 bits per heavy atom. The van der Waals surface area contributed by atoms with Crippen LogP contribution in [0.5, 0.6) is 0 Å². The molecular weight excluding hydrogens is 170 g/mol. The van der Waals surface area contributed by atoms with Crippen LogP contribution in [0.25, 0.3) is 0 Å². The van der Waals surface area contributed by atoms with Crippen LogP contribution in [0.1, 0.15) is 51.9 Å². The summed E-state index contributed by atoms with van der Waals surface area (Å²) in [5.74, 6) is 1.03. The van der Waals surface area contributed by atoms with Crippen molar-refractivity contribution in [2.24, 2.45) is 5.92 Å². The predicted molar refractivity (Wildman–Crippen MR) is 61.4 cm³/mol. The molecule has 0 bridgehead atoms. The summed E-state index contributed by atoms with van der Waals surface area (Å²) in [5.41, 5.74) is 1.62. The molecular formula is C13H23N. The summed E-state index contributed by atoms with van der Waals surface area (Å²) in [7, 11) is 0. The van der Waals surface area contributed by atoms with Crippen LogP contribution in [0.3, 0.4) is 0 Å². The molecule has 2 rings (SSSR count). The molecule has 0 aliphatic heterocycles. The normalized spacial score (nSPS) is 23.6. The monoisotopic (exact) mass is 193 g/mol. The van der Waals surface area contributed by atoms with Crippen LogP contribution >= 0.6 is 0 Å². The molecule has 0 heterocycles. The van der Waals surface area contributed by atoms with Crippen LogP contribution in [-0.4, -0.2) is 12.6 Å². The van der Waals surface area contributed by atoms with Crippen LogP contribution in [-0.2, 0) is 0 Å². The first-order valence-electron chi connectivity index (χ1n) is 6.23. The topological polar surface area (TPSA) is 12.0 Å². The summed E-state index contributed by atoms with van der Waals surface area (Å²) in [4.78, 5) is 0. The van der Waals surface area contributed by atoms with Gasteiger partial charge >= 0.3 is 0 Å². The van der Waals surface area contributed by atoms with Crippen LogP contribution in [0.15, 0.2) is 11.6 Å². The molecule has 1 N–H and O–H groups in total. The van der Waals surface area contributed by atoms with E-state index in [1.165, 1.54) is 51.5 Å². The fourth-order valence-corrected chi connectivity index (χ4v) is 2.13. The number of hydrogen-bond donors (Lipinski definition) is 1. The first-order chi connectivity index (χ1) is 6.84. The Morgan fingerprint density at radius 2 is 2.07 bits per heavy atom. The predicted octanol–water partition coefficient (Wildman–Crippen LogP) is 3.27. The van der Waals surface area contributed by atoms with Gasteiger partial charge in [-0.3, -0.25) is 0 Å². The Balaban J connectivity index is 1.52. The van der Waals surface area contributed by atoms with Crippen molar-refractivity contribution in [2.45, 2.75) is 57.9 Å². The number of nitrogens with one attached hydrogen (secondary N) is 1. The van der Waals surface area contributed by atoms with Gasteiger partial charge in [-0.2, -0.15) is 0 Å². The lowest BCUT2D eigenvalue weighted by atomic mass is 9.81. The summed E-state index contributed by atoms with van der Waals surface area (Å²) in [5, 5.41) is 3.55. The molecule has 2 fully saturated rings. The molecule has 0 saturated heterocycles. The van der Waals surface area contributed by atoms with Gasteiger partial charge in [-0.05, 0) is 45.1 Å². The molecule has 1 heteroatoms. The fourth-order valence-electron chi connectivity index (χ4n) is 2.13. The fraction of sp³-hybridized carbons (Fsp3) is 0.846. The highest BCUT2D eigenvalue weighted by atomic mass is 14.9. The number of rotatable bonds is 6. The van der Waals surface area contributed by atoms with Gasteiger partial charge in [0.25, 0.3) is 0 Å². The molecule has 0 atom stereocenters. The van der Waals surface area contributed by atoms with Gasteiger partial charge in [0.1, 0.15) is 0 Å². The zero-order valence-corrected chi connectivity index (χ0v) is 9.39. The Labute approximate surface area is 88.0 Å². The number of hydrogen-bond acceptors (Lipinski definition) is 1. The van der Waals surface area contributed by atoms with Crippen LogP contribution in [0, 0.1) is 5.92 Å². The zero-order chi connectivity index (χ0) is 9.80. The molecule has 1 nitrogen and oxygen atoms in total. The van der Waals surface area contributed by atoms with E-state index < -0.39 is 0 Å². The third-order valence-electron chi connectivity index (χ3n) is 3.48. The maximum Gasteiger partial charge on any atom is 0.00683 e. The molecule has 2 saturated carbocycles. The second-order valence-corrected chi connectivity index (χ2v) is 5.07. The van der Waals surface area contributed by atoms with Crippen molar-refractivity contribution in [3.05, 3.63) is 11.6 Å². The van der Waals surface area contributed by atoms with E-state index in [9.17, 15) is 0 Å². The minimum Gasteiger partial charge on any atom is -0.314 e. The van der Waals surface area contributed by atoms with Crippen LogP contribution in [0.4, 0.5) is 0 Å². The molecule has 2 aliphatic rings. The molecule has 2 aliphatic carbocycles. The van der Waals surface area contributed by atoms with Gasteiger partial charge in [0.2, 0.25) is 0 Å². The molecule has 0 unspecified atom stereocenters. The van der Waals surface area contributed by atoms with Gasteiger partial charge in [-0.1, -0.05) is 30.9 Å². The van der Waals surface area contributed by atoms with E-state index in [1.54, 1.807) is 5.57 Å². The van der Waals surface area contributed by atoms with Crippen molar-refractivity contribution < 1.29 is 0 Å². The summed E-state index contributed by atoms with van der Waals surface area (Å²) in [6.45, 7) is 3.49. The van der Waals surface area contributed by atoms with Gasteiger partial charge in [0.05, 0.1) is 0 Å². The summed E-state index contributed by atoms with van der Waals surface area (Å²) < 4.78 is 0. The van der Waals surface area contributed by atoms with Crippen molar-refractivity contribution in [3.8, 4) is 0 Å². The average Bonchev–Trinajstić information content (AvgIpc) is 2.89. The van der Waals surface area contributed by atoms with Gasteiger partial charge in [-0.15, -0.1) is 0 Å². The van der Waals surface area contributed by atoms with E-state index >= 15 is 0 Å². The molecule has 0 radical (unpaired) electrons. The smallest absolute Gasteiger partial charge is 0.00683 e. The molecule has 14 heavy (non-hydrogen) atoms. The standard InChI is InChI=1S/C13H23N/c1-11(10-12-5-2-6-12)4-3-9-14-13-7-8-13/h4,12-14H,2-3,5-10H2,1H3. The lowest BCUT2D eigenvalue weighted by molar-refractivity contribution is 0.313. The third-order valence-corrected chi connectivity index (χ3v) is 3.48. The summed E-state index contributed by atoms with van der Waals surface area (Å²) in [6, 6.07) is 0.871. The molecule has 0 aromatic heterocycles. The van der Waals surface area contributed by atoms with Crippen molar-refractivity contribution in [2.75, 3.05) is 6.54 Å². The Morgan fingerprint density at radius 1 is 1.29 bits per heavy atom. The van der Waals surface area contributed by atoms with E-state index in [0.717, 1.165) is 12.0 Å². The molecule has 0 amide bonds. The minimum atomic E-state index is 0.871. The van der Waals surface area contributed by atoms with Gasteiger partial charge in [-0.25, -0.2) is 0 Å². The summed E-state index contributed by atoms with van der Waals surface area (Å²) >= 11 is 0. The highest BCUT2D eigenvalue weighted by Crippen LogP contribution is 2.31. The van der Waals surface area contributed by atoms with Gasteiger partial charge < -0.3 is 5.32 Å². The van der Waals surface area contributed by atoms with Crippen molar-refractivity contribution in [1.82, 2.24) is 5.32 Å². The molecule has 0 aromatic carbocycles. The Hall–Kier alpha value is -0.300. The average molecular weight is 193 g/mol. The van der Waals surface area contributed by atoms with E-state index in [-0.39, 0.29) is 0 Å². The van der Waals surface area contributed by atoms with Gasteiger partial charge in [0, 0.05) is 6.04 Å². The molecule has 80 valence electrons. The quantitative estimate of drug-likeness (QED) is 0.504. The largest absolute Gasteiger partial charge is 0.314 e. The highest BCUT2D eigenvalue weighted by Gasteiger charge is 2.19. The minimum absolute atomic E-state index is 0.871. The maximum atomic E-state index is 3.55. The lowest BCUT2D eigenvalue weighted by Crippen LogP contribution is -2.17. The zero-order valence-electron chi connectivity index (χ0n) is 9.39. The summed E-state index contributed by atoms with van der Waals surface area (Å²) in [6.07, 6.45) is 12.3. The highest BCUT2D eigenvalue weighted by molar-refractivity contribution is 5.00. The molecule has 0 aromatic rings. The third kappa shape index (κ3) is 3.45. The van der Waals surface area contributed by atoms with Crippen molar-refractivity contribution in [1.29, 1.82) is 0 Å². The van der Waals surface area contributed by atoms with E-state index in [1.807, 2.05) is 0 Å². The second kappa shape index (κ2) is 4.97.